The molecule has 2 aromatic carbocycles. The molecule has 0 amide bonds. The van der Waals surface area contributed by atoms with E-state index in [9.17, 15) is 4.79 Å². The SMILES string of the molecule is CCOc1ccc(C2=Cc3cc(OC)c(OC)cc3C(C)(CC(=O)OC)O2)cc1. The molecule has 6 heteroatoms. The summed E-state index contributed by atoms with van der Waals surface area (Å²) >= 11 is 0. The number of rotatable bonds is 7. The summed E-state index contributed by atoms with van der Waals surface area (Å²) in [4.78, 5) is 12.1. The molecule has 154 valence electrons. The van der Waals surface area contributed by atoms with Gasteiger partial charge in [-0.15, -0.1) is 0 Å². The smallest absolute Gasteiger partial charge is 0.309 e. The molecular formula is C23H26O6. The summed E-state index contributed by atoms with van der Waals surface area (Å²) in [7, 11) is 4.54. The highest BCUT2D eigenvalue weighted by molar-refractivity contribution is 5.83. The Morgan fingerprint density at radius 1 is 1.03 bits per heavy atom. The molecule has 0 N–H and O–H groups in total. The van der Waals surface area contributed by atoms with Gasteiger partial charge in [-0.3, -0.25) is 4.79 Å². The van der Waals surface area contributed by atoms with Gasteiger partial charge in [-0.05, 0) is 61.9 Å². The van der Waals surface area contributed by atoms with Crippen LogP contribution in [0.3, 0.4) is 0 Å². The summed E-state index contributed by atoms with van der Waals surface area (Å²) in [6, 6.07) is 11.4. The number of carbonyl (C=O) groups is 1. The van der Waals surface area contributed by atoms with Crippen molar-refractivity contribution in [2.24, 2.45) is 0 Å². The minimum Gasteiger partial charge on any atom is -0.494 e. The van der Waals surface area contributed by atoms with Gasteiger partial charge in [0.05, 0.1) is 34.4 Å². The monoisotopic (exact) mass is 398 g/mol. The zero-order valence-electron chi connectivity index (χ0n) is 17.4. The van der Waals surface area contributed by atoms with Crippen LogP contribution >= 0.6 is 0 Å². The summed E-state index contributed by atoms with van der Waals surface area (Å²) in [6.45, 7) is 4.42. The van der Waals surface area contributed by atoms with Gasteiger partial charge in [-0.25, -0.2) is 0 Å². The third-order valence-corrected chi connectivity index (χ3v) is 4.91. The number of hydrogen-bond acceptors (Lipinski definition) is 6. The average molecular weight is 398 g/mol. The number of ether oxygens (including phenoxy) is 5. The van der Waals surface area contributed by atoms with E-state index in [-0.39, 0.29) is 12.4 Å². The predicted molar refractivity (Wildman–Crippen MR) is 110 cm³/mol. The van der Waals surface area contributed by atoms with Crippen LogP contribution in [0.1, 0.15) is 37.0 Å². The van der Waals surface area contributed by atoms with Crippen molar-refractivity contribution in [1.82, 2.24) is 0 Å². The van der Waals surface area contributed by atoms with E-state index in [0.29, 0.717) is 23.9 Å². The van der Waals surface area contributed by atoms with Crippen LogP contribution in [0, 0.1) is 0 Å². The number of esters is 1. The Bertz CT molecular complexity index is 916. The Morgan fingerprint density at radius 2 is 1.69 bits per heavy atom. The Hall–Kier alpha value is -3.15. The molecule has 2 aromatic rings. The maximum atomic E-state index is 12.1. The van der Waals surface area contributed by atoms with E-state index >= 15 is 0 Å². The molecule has 0 bridgehead atoms. The van der Waals surface area contributed by atoms with E-state index in [1.54, 1.807) is 14.2 Å². The predicted octanol–water partition coefficient (Wildman–Crippen LogP) is 4.41. The Kier molecular flexibility index (Phi) is 6.01. The lowest BCUT2D eigenvalue weighted by molar-refractivity contribution is -0.145. The summed E-state index contributed by atoms with van der Waals surface area (Å²) in [6.07, 6.45) is 1.99. The molecule has 6 nitrogen and oxygen atoms in total. The molecular weight excluding hydrogens is 372 g/mol. The maximum Gasteiger partial charge on any atom is 0.309 e. The lowest BCUT2D eigenvalue weighted by atomic mass is 9.85. The van der Waals surface area contributed by atoms with Crippen molar-refractivity contribution in [2.45, 2.75) is 25.9 Å². The Morgan fingerprint density at radius 3 is 2.28 bits per heavy atom. The van der Waals surface area contributed by atoms with Crippen LogP contribution in [0.2, 0.25) is 0 Å². The maximum absolute atomic E-state index is 12.1. The first-order chi connectivity index (χ1) is 13.9. The van der Waals surface area contributed by atoms with Crippen LogP contribution in [0.5, 0.6) is 17.2 Å². The molecule has 3 rings (SSSR count). The molecule has 0 aliphatic carbocycles. The standard InChI is InChI=1S/C23H26O6/c1-6-28-17-9-7-15(8-10-17)19-11-16-12-20(25-3)21(26-4)13-18(16)23(2,29-19)14-22(24)27-5/h7-13H,6,14H2,1-5H3. The van der Waals surface area contributed by atoms with Gasteiger partial charge >= 0.3 is 5.97 Å². The summed E-state index contributed by atoms with van der Waals surface area (Å²) in [5, 5.41) is 0. The van der Waals surface area contributed by atoms with E-state index in [1.807, 2.05) is 56.3 Å². The van der Waals surface area contributed by atoms with Crippen LogP contribution in [0.15, 0.2) is 36.4 Å². The quantitative estimate of drug-likeness (QED) is 0.644. The lowest BCUT2D eigenvalue weighted by Gasteiger charge is -2.36. The molecule has 1 atom stereocenters. The van der Waals surface area contributed by atoms with Crippen molar-refractivity contribution in [3.63, 3.8) is 0 Å². The number of carbonyl (C=O) groups excluding carboxylic acids is 1. The first kappa shape index (κ1) is 20.6. The minimum atomic E-state index is -0.926. The molecule has 0 saturated heterocycles. The van der Waals surface area contributed by atoms with Crippen molar-refractivity contribution >= 4 is 17.8 Å². The molecule has 1 aliphatic heterocycles. The van der Waals surface area contributed by atoms with Gasteiger partial charge < -0.3 is 23.7 Å². The third kappa shape index (κ3) is 4.16. The molecule has 0 saturated carbocycles. The molecule has 0 fully saturated rings. The highest BCUT2D eigenvalue weighted by Crippen LogP contribution is 2.46. The normalized spacial score (nSPS) is 17.5. The van der Waals surface area contributed by atoms with Crippen molar-refractivity contribution in [3.05, 3.63) is 53.1 Å². The third-order valence-electron chi connectivity index (χ3n) is 4.91. The van der Waals surface area contributed by atoms with E-state index in [0.717, 1.165) is 22.4 Å². The van der Waals surface area contributed by atoms with Gasteiger partial charge in [-0.1, -0.05) is 0 Å². The summed E-state index contributed by atoms with van der Waals surface area (Å²) in [5.41, 5.74) is 1.68. The molecule has 1 heterocycles. The van der Waals surface area contributed by atoms with Crippen LogP contribution in [-0.2, 0) is 19.9 Å². The summed E-state index contributed by atoms with van der Waals surface area (Å²) < 4.78 is 27.7. The van der Waals surface area contributed by atoms with E-state index < -0.39 is 5.60 Å². The second-order valence-corrected chi connectivity index (χ2v) is 6.85. The molecule has 1 unspecified atom stereocenters. The summed E-state index contributed by atoms with van der Waals surface area (Å²) in [5.74, 6) is 2.26. The highest BCUT2D eigenvalue weighted by atomic mass is 16.5. The molecule has 0 aromatic heterocycles. The number of methoxy groups -OCH3 is 3. The fourth-order valence-electron chi connectivity index (χ4n) is 3.44. The van der Waals surface area contributed by atoms with Gasteiger partial charge in [0.15, 0.2) is 11.5 Å². The van der Waals surface area contributed by atoms with E-state index in [1.165, 1.54) is 7.11 Å². The van der Waals surface area contributed by atoms with Crippen molar-refractivity contribution < 1.29 is 28.5 Å². The molecule has 0 radical (unpaired) electrons. The van der Waals surface area contributed by atoms with Crippen molar-refractivity contribution in [3.8, 4) is 17.2 Å². The van der Waals surface area contributed by atoms with Crippen LogP contribution < -0.4 is 14.2 Å². The number of hydrogen-bond donors (Lipinski definition) is 0. The van der Waals surface area contributed by atoms with Gasteiger partial charge in [0.2, 0.25) is 0 Å². The first-order valence-corrected chi connectivity index (χ1v) is 9.41. The number of benzene rings is 2. The van der Waals surface area contributed by atoms with Gasteiger partial charge in [0.1, 0.15) is 17.1 Å². The fourth-order valence-corrected chi connectivity index (χ4v) is 3.44. The van der Waals surface area contributed by atoms with Crippen LogP contribution in [0.25, 0.3) is 11.8 Å². The van der Waals surface area contributed by atoms with Gasteiger partial charge in [0, 0.05) is 11.1 Å². The second-order valence-electron chi connectivity index (χ2n) is 6.85. The largest absolute Gasteiger partial charge is 0.494 e. The topological polar surface area (TPSA) is 63.2 Å². The minimum absolute atomic E-state index is 0.0559. The Labute approximate surface area is 171 Å². The highest BCUT2D eigenvalue weighted by Gasteiger charge is 2.39. The number of fused-ring (bicyclic) bond motifs is 1. The van der Waals surface area contributed by atoms with Gasteiger partial charge in [-0.2, -0.15) is 0 Å². The molecule has 0 spiro atoms. The van der Waals surface area contributed by atoms with Gasteiger partial charge in [0.25, 0.3) is 0 Å². The first-order valence-electron chi connectivity index (χ1n) is 9.41. The fraction of sp³-hybridized carbons (Fsp3) is 0.348. The second kappa shape index (κ2) is 8.47. The van der Waals surface area contributed by atoms with Crippen LogP contribution in [0.4, 0.5) is 0 Å². The van der Waals surface area contributed by atoms with E-state index in [4.69, 9.17) is 23.7 Å². The zero-order valence-corrected chi connectivity index (χ0v) is 17.4. The van der Waals surface area contributed by atoms with Crippen LogP contribution in [-0.4, -0.2) is 33.9 Å². The van der Waals surface area contributed by atoms with E-state index in [2.05, 4.69) is 0 Å². The zero-order chi connectivity index (χ0) is 21.0. The average Bonchev–Trinajstić information content (AvgIpc) is 2.73. The molecule has 29 heavy (non-hydrogen) atoms. The lowest BCUT2D eigenvalue weighted by Crippen LogP contribution is -2.32. The molecule has 1 aliphatic rings. The van der Waals surface area contributed by atoms with Crippen molar-refractivity contribution in [2.75, 3.05) is 27.9 Å². The van der Waals surface area contributed by atoms with Crippen molar-refractivity contribution in [1.29, 1.82) is 0 Å². The Balaban J connectivity index is 2.10.